The van der Waals surface area contributed by atoms with Gasteiger partial charge in [0.2, 0.25) is 0 Å². The van der Waals surface area contributed by atoms with E-state index in [4.69, 9.17) is 15.2 Å². The van der Waals surface area contributed by atoms with Gasteiger partial charge in [-0.05, 0) is 42.8 Å². The molecule has 3 nitrogen and oxygen atoms in total. The first-order chi connectivity index (χ1) is 10.2. The molecule has 2 aromatic rings. The highest BCUT2D eigenvalue weighted by atomic mass is 19.1. The number of benzene rings is 2. The highest BCUT2D eigenvalue weighted by Crippen LogP contribution is 2.29. The van der Waals surface area contributed by atoms with Crippen molar-refractivity contribution >= 4 is 0 Å². The third kappa shape index (κ3) is 3.70. The van der Waals surface area contributed by atoms with Crippen LogP contribution in [0.5, 0.6) is 11.5 Å². The Balaban J connectivity index is 2.20. The summed E-state index contributed by atoms with van der Waals surface area (Å²) in [5.74, 6) is -0.321. The van der Waals surface area contributed by atoms with E-state index in [0.717, 1.165) is 5.56 Å². The molecular formula is C16H17F2NO2. The third-order valence-corrected chi connectivity index (χ3v) is 3.09. The van der Waals surface area contributed by atoms with E-state index in [1.54, 1.807) is 12.1 Å². The summed E-state index contributed by atoms with van der Waals surface area (Å²) in [7, 11) is 1.51. The van der Waals surface area contributed by atoms with Gasteiger partial charge in [0.05, 0.1) is 12.7 Å². The van der Waals surface area contributed by atoms with Crippen LogP contribution >= 0.6 is 0 Å². The van der Waals surface area contributed by atoms with Gasteiger partial charge in [-0.3, -0.25) is 0 Å². The van der Waals surface area contributed by atoms with Crippen molar-refractivity contribution in [2.24, 2.45) is 5.73 Å². The first kappa shape index (κ1) is 15.3. The second kappa shape index (κ2) is 7.04. The van der Waals surface area contributed by atoms with Crippen molar-refractivity contribution in [3.05, 3.63) is 59.2 Å². The molecule has 21 heavy (non-hydrogen) atoms. The molecule has 0 saturated carbocycles. The van der Waals surface area contributed by atoms with Crippen molar-refractivity contribution in [3.63, 3.8) is 0 Å². The smallest absolute Gasteiger partial charge is 0.161 e. The molecule has 112 valence electrons. The number of hydrogen-bond donors (Lipinski definition) is 1. The maximum absolute atomic E-state index is 13.6. The molecular weight excluding hydrogens is 276 g/mol. The minimum absolute atomic E-state index is 0.108. The third-order valence-electron chi connectivity index (χ3n) is 3.09. The van der Waals surface area contributed by atoms with Gasteiger partial charge in [0.1, 0.15) is 18.2 Å². The first-order valence-electron chi connectivity index (χ1n) is 6.58. The van der Waals surface area contributed by atoms with Gasteiger partial charge in [0.15, 0.2) is 11.5 Å². The van der Waals surface area contributed by atoms with Crippen LogP contribution in [-0.2, 0) is 13.0 Å². The van der Waals surface area contributed by atoms with Crippen LogP contribution in [-0.4, -0.2) is 13.7 Å². The lowest BCUT2D eigenvalue weighted by Gasteiger charge is -2.13. The van der Waals surface area contributed by atoms with Crippen LogP contribution in [0.25, 0.3) is 0 Å². The second-order valence-electron chi connectivity index (χ2n) is 4.51. The van der Waals surface area contributed by atoms with Crippen molar-refractivity contribution in [1.82, 2.24) is 0 Å². The molecule has 0 atom stereocenters. The normalized spacial score (nSPS) is 10.5. The van der Waals surface area contributed by atoms with Gasteiger partial charge in [0, 0.05) is 0 Å². The fraction of sp³-hybridized carbons (Fsp3) is 0.250. The standard InChI is InChI=1S/C16H17F2NO2/c1-20-15-6-5-11(7-8-19)9-16(15)21-10-12-13(17)3-2-4-14(12)18/h2-6,9H,7-8,10,19H2,1H3. The van der Waals surface area contributed by atoms with E-state index in [0.29, 0.717) is 24.5 Å². The molecule has 2 rings (SSSR count). The molecule has 0 spiro atoms. The van der Waals surface area contributed by atoms with Gasteiger partial charge in [-0.1, -0.05) is 12.1 Å². The van der Waals surface area contributed by atoms with E-state index < -0.39 is 11.6 Å². The summed E-state index contributed by atoms with van der Waals surface area (Å²) in [5, 5.41) is 0. The average molecular weight is 293 g/mol. The van der Waals surface area contributed by atoms with Crippen molar-refractivity contribution < 1.29 is 18.3 Å². The number of methoxy groups -OCH3 is 1. The molecule has 0 unspecified atom stereocenters. The summed E-state index contributed by atoms with van der Waals surface area (Å²) in [5.41, 5.74) is 6.38. The maximum atomic E-state index is 13.6. The molecule has 5 heteroatoms. The summed E-state index contributed by atoms with van der Waals surface area (Å²) >= 11 is 0. The lowest BCUT2D eigenvalue weighted by atomic mass is 10.1. The predicted octanol–water partition coefficient (Wildman–Crippen LogP) is 3.05. The van der Waals surface area contributed by atoms with Gasteiger partial charge >= 0.3 is 0 Å². The highest BCUT2D eigenvalue weighted by molar-refractivity contribution is 5.43. The summed E-state index contributed by atoms with van der Waals surface area (Å²) < 4.78 is 37.8. The monoisotopic (exact) mass is 293 g/mol. The zero-order chi connectivity index (χ0) is 15.2. The Morgan fingerprint density at radius 2 is 1.76 bits per heavy atom. The number of rotatable bonds is 6. The van der Waals surface area contributed by atoms with Crippen molar-refractivity contribution in [3.8, 4) is 11.5 Å². The lowest BCUT2D eigenvalue weighted by Crippen LogP contribution is -2.05. The zero-order valence-corrected chi connectivity index (χ0v) is 11.7. The summed E-state index contributed by atoms with van der Waals surface area (Å²) in [4.78, 5) is 0. The molecule has 0 aliphatic rings. The molecule has 2 aromatic carbocycles. The molecule has 0 radical (unpaired) electrons. The number of hydrogen-bond acceptors (Lipinski definition) is 3. The SMILES string of the molecule is COc1ccc(CCN)cc1OCc1c(F)cccc1F. The fourth-order valence-corrected chi connectivity index (χ4v) is 1.98. The molecule has 0 amide bonds. The lowest BCUT2D eigenvalue weighted by molar-refractivity contribution is 0.274. The van der Waals surface area contributed by atoms with E-state index in [9.17, 15) is 8.78 Å². The van der Waals surface area contributed by atoms with Crippen LogP contribution in [0.2, 0.25) is 0 Å². The van der Waals surface area contributed by atoms with Crippen LogP contribution in [0.3, 0.4) is 0 Å². The predicted molar refractivity (Wildman–Crippen MR) is 76.4 cm³/mol. The Morgan fingerprint density at radius 1 is 1.05 bits per heavy atom. The van der Waals surface area contributed by atoms with Gasteiger partial charge in [-0.25, -0.2) is 8.78 Å². The Hall–Kier alpha value is -2.14. The molecule has 0 aromatic heterocycles. The topological polar surface area (TPSA) is 44.5 Å². The van der Waals surface area contributed by atoms with Gasteiger partial charge in [0.25, 0.3) is 0 Å². The second-order valence-corrected chi connectivity index (χ2v) is 4.51. The Kier molecular flexibility index (Phi) is 5.11. The zero-order valence-electron chi connectivity index (χ0n) is 11.7. The average Bonchev–Trinajstić information content (AvgIpc) is 2.47. The number of halogens is 2. The van der Waals surface area contributed by atoms with Crippen LogP contribution in [0, 0.1) is 11.6 Å². The van der Waals surface area contributed by atoms with E-state index in [1.807, 2.05) is 6.07 Å². The summed E-state index contributed by atoms with van der Waals surface area (Å²) in [6.45, 7) is 0.300. The van der Waals surface area contributed by atoms with Crippen LogP contribution in [0.4, 0.5) is 8.78 Å². The number of ether oxygens (including phenoxy) is 2. The van der Waals surface area contributed by atoms with E-state index in [-0.39, 0.29) is 12.2 Å². The maximum Gasteiger partial charge on any atom is 0.161 e. The first-order valence-corrected chi connectivity index (χ1v) is 6.58. The summed E-state index contributed by atoms with van der Waals surface area (Å²) in [6, 6.07) is 9.11. The van der Waals surface area contributed by atoms with Crippen LogP contribution in [0.15, 0.2) is 36.4 Å². The fourth-order valence-electron chi connectivity index (χ4n) is 1.98. The van der Waals surface area contributed by atoms with E-state index in [1.165, 1.54) is 25.3 Å². The molecule has 0 bridgehead atoms. The Labute approximate surface area is 122 Å². The van der Waals surface area contributed by atoms with Gasteiger partial charge < -0.3 is 15.2 Å². The highest BCUT2D eigenvalue weighted by Gasteiger charge is 2.11. The summed E-state index contributed by atoms with van der Waals surface area (Å²) in [6.07, 6.45) is 0.689. The van der Waals surface area contributed by atoms with Gasteiger partial charge in [-0.2, -0.15) is 0 Å². The van der Waals surface area contributed by atoms with Crippen molar-refractivity contribution in [2.75, 3.05) is 13.7 Å². The molecule has 0 saturated heterocycles. The minimum Gasteiger partial charge on any atom is -0.493 e. The molecule has 0 fully saturated rings. The largest absolute Gasteiger partial charge is 0.493 e. The molecule has 0 aliphatic carbocycles. The van der Waals surface area contributed by atoms with Gasteiger partial charge in [-0.15, -0.1) is 0 Å². The van der Waals surface area contributed by atoms with E-state index in [2.05, 4.69) is 0 Å². The van der Waals surface area contributed by atoms with Crippen molar-refractivity contribution in [1.29, 1.82) is 0 Å². The Bertz CT molecular complexity index is 597. The van der Waals surface area contributed by atoms with E-state index >= 15 is 0 Å². The quantitative estimate of drug-likeness (QED) is 0.890. The van der Waals surface area contributed by atoms with Crippen LogP contribution in [0.1, 0.15) is 11.1 Å². The van der Waals surface area contributed by atoms with Crippen LogP contribution < -0.4 is 15.2 Å². The van der Waals surface area contributed by atoms with Crippen molar-refractivity contribution in [2.45, 2.75) is 13.0 Å². The molecule has 0 heterocycles. The minimum atomic E-state index is -0.632. The number of nitrogens with two attached hydrogens (primary N) is 1. The molecule has 0 aliphatic heterocycles. The Morgan fingerprint density at radius 3 is 2.38 bits per heavy atom. The molecule has 2 N–H and O–H groups in total.